The number of anilines is 1. The SMILES string of the molecule is CCNC(=O)C1CCCN(c2nn3c(=O)cc(C)nc3s2)C1. The Hall–Kier alpha value is -1.96. The molecule has 1 fully saturated rings. The van der Waals surface area contributed by atoms with Crippen LogP contribution in [0.5, 0.6) is 0 Å². The lowest BCUT2D eigenvalue weighted by Crippen LogP contribution is -2.43. The van der Waals surface area contributed by atoms with E-state index in [0.29, 0.717) is 23.7 Å². The van der Waals surface area contributed by atoms with E-state index >= 15 is 0 Å². The number of piperidine rings is 1. The fraction of sp³-hybridized carbons (Fsp3) is 0.571. The Labute approximate surface area is 132 Å². The number of aromatic nitrogens is 3. The molecule has 2 aromatic rings. The van der Waals surface area contributed by atoms with E-state index in [1.807, 2.05) is 6.92 Å². The van der Waals surface area contributed by atoms with Crippen LogP contribution < -0.4 is 15.8 Å². The van der Waals surface area contributed by atoms with Gasteiger partial charge in [0.1, 0.15) is 0 Å². The topological polar surface area (TPSA) is 79.6 Å². The Balaban J connectivity index is 1.86. The molecule has 118 valence electrons. The van der Waals surface area contributed by atoms with Crippen molar-refractivity contribution in [3.05, 3.63) is 22.1 Å². The van der Waals surface area contributed by atoms with Crippen LogP contribution in [0.25, 0.3) is 4.96 Å². The zero-order valence-electron chi connectivity index (χ0n) is 12.7. The monoisotopic (exact) mass is 321 g/mol. The van der Waals surface area contributed by atoms with Crippen molar-refractivity contribution in [1.29, 1.82) is 0 Å². The standard InChI is InChI=1S/C14H19N5O2S/c1-3-15-12(21)10-5-4-6-18(8-10)14-17-19-11(20)7-9(2)16-13(19)22-14/h7,10H,3-6,8H2,1-2H3,(H,15,21). The van der Waals surface area contributed by atoms with Crippen molar-refractivity contribution >= 4 is 27.3 Å². The van der Waals surface area contributed by atoms with Gasteiger partial charge in [0.25, 0.3) is 5.56 Å². The molecule has 0 aromatic carbocycles. The van der Waals surface area contributed by atoms with Crippen molar-refractivity contribution in [3.63, 3.8) is 0 Å². The second-order valence-electron chi connectivity index (χ2n) is 5.49. The van der Waals surface area contributed by atoms with Crippen molar-refractivity contribution in [2.24, 2.45) is 5.92 Å². The van der Waals surface area contributed by atoms with E-state index < -0.39 is 0 Å². The van der Waals surface area contributed by atoms with Gasteiger partial charge in [0.2, 0.25) is 16.0 Å². The minimum atomic E-state index is -0.165. The first kappa shape index (κ1) is 15.0. The highest BCUT2D eigenvalue weighted by Crippen LogP contribution is 2.26. The molecule has 0 aliphatic carbocycles. The molecule has 1 N–H and O–H groups in total. The van der Waals surface area contributed by atoms with Crippen LogP contribution in [0.1, 0.15) is 25.5 Å². The summed E-state index contributed by atoms with van der Waals surface area (Å²) in [6, 6.07) is 1.48. The molecule has 3 rings (SSSR count). The lowest BCUT2D eigenvalue weighted by atomic mass is 9.97. The van der Waals surface area contributed by atoms with E-state index in [2.05, 4.69) is 20.3 Å². The van der Waals surface area contributed by atoms with Crippen LogP contribution in [0, 0.1) is 12.8 Å². The Morgan fingerprint density at radius 3 is 3.14 bits per heavy atom. The smallest absolute Gasteiger partial charge is 0.275 e. The molecule has 22 heavy (non-hydrogen) atoms. The molecule has 0 radical (unpaired) electrons. The minimum Gasteiger partial charge on any atom is -0.356 e. The number of hydrogen-bond acceptors (Lipinski definition) is 6. The number of carbonyl (C=O) groups excluding carboxylic acids is 1. The van der Waals surface area contributed by atoms with Crippen LogP contribution in [0.15, 0.2) is 10.9 Å². The second-order valence-corrected chi connectivity index (χ2v) is 6.43. The van der Waals surface area contributed by atoms with Gasteiger partial charge in [-0.25, -0.2) is 4.98 Å². The molecule has 3 heterocycles. The summed E-state index contributed by atoms with van der Waals surface area (Å²) < 4.78 is 1.34. The van der Waals surface area contributed by atoms with Gasteiger partial charge in [-0.05, 0) is 26.7 Å². The summed E-state index contributed by atoms with van der Waals surface area (Å²) in [5, 5.41) is 8.01. The maximum absolute atomic E-state index is 12.0. The normalized spacial score (nSPS) is 18.6. The summed E-state index contributed by atoms with van der Waals surface area (Å²) in [4.78, 5) is 31.0. The van der Waals surface area contributed by atoms with Crippen LogP contribution in [0.2, 0.25) is 0 Å². The van der Waals surface area contributed by atoms with Gasteiger partial charge in [0.05, 0.1) is 5.92 Å². The lowest BCUT2D eigenvalue weighted by Gasteiger charge is -2.31. The van der Waals surface area contributed by atoms with E-state index in [4.69, 9.17) is 0 Å². The third-order valence-electron chi connectivity index (χ3n) is 3.78. The lowest BCUT2D eigenvalue weighted by molar-refractivity contribution is -0.125. The average molecular weight is 321 g/mol. The summed E-state index contributed by atoms with van der Waals surface area (Å²) in [5.41, 5.74) is 0.529. The van der Waals surface area contributed by atoms with E-state index in [1.165, 1.54) is 21.9 Å². The molecular weight excluding hydrogens is 302 g/mol. The van der Waals surface area contributed by atoms with E-state index in [-0.39, 0.29) is 17.4 Å². The number of rotatable bonds is 3. The van der Waals surface area contributed by atoms with Crippen molar-refractivity contribution < 1.29 is 4.79 Å². The van der Waals surface area contributed by atoms with Gasteiger partial charge in [-0.3, -0.25) is 9.59 Å². The van der Waals surface area contributed by atoms with Crippen LogP contribution in [0.3, 0.4) is 0 Å². The molecule has 1 atom stereocenters. The molecule has 1 aliphatic heterocycles. The van der Waals surface area contributed by atoms with Crippen molar-refractivity contribution in [1.82, 2.24) is 19.9 Å². The van der Waals surface area contributed by atoms with Crippen LogP contribution in [0.4, 0.5) is 5.13 Å². The molecule has 0 bridgehead atoms. The Morgan fingerprint density at radius 1 is 1.55 bits per heavy atom. The highest BCUT2D eigenvalue weighted by Gasteiger charge is 2.27. The Kier molecular flexibility index (Phi) is 4.10. The minimum absolute atomic E-state index is 0.0212. The maximum atomic E-state index is 12.0. The van der Waals surface area contributed by atoms with Crippen molar-refractivity contribution in [2.45, 2.75) is 26.7 Å². The summed E-state index contributed by atoms with van der Waals surface area (Å²) in [5.74, 6) is 0.0755. The van der Waals surface area contributed by atoms with Crippen molar-refractivity contribution in [3.8, 4) is 0 Å². The molecule has 1 saturated heterocycles. The number of carbonyl (C=O) groups is 1. The van der Waals surface area contributed by atoms with Crippen LogP contribution in [-0.2, 0) is 4.79 Å². The highest BCUT2D eigenvalue weighted by atomic mass is 32.1. The molecule has 1 unspecified atom stereocenters. The summed E-state index contributed by atoms with van der Waals surface area (Å²) in [6.07, 6.45) is 1.84. The number of aryl methyl sites for hydroxylation is 1. The number of nitrogens with one attached hydrogen (secondary N) is 1. The molecule has 2 aromatic heterocycles. The summed E-state index contributed by atoms with van der Waals surface area (Å²) >= 11 is 1.39. The number of hydrogen-bond donors (Lipinski definition) is 1. The van der Waals surface area contributed by atoms with Gasteiger partial charge in [-0.15, -0.1) is 5.10 Å². The van der Waals surface area contributed by atoms with Crippen molar-refractivity contribution in [2.75, 3.05) is 24.5 Å². The third kappa shape index (κ3) is 2.83. The highest BCUT2D eigenvalue weighted by molar-refractivity contribution is 7.20. The fourth-order valence-electron chi connectivity index (χ4n) is 2.72. The number of amides is 1. The molecule has 7 nitrogen and oxygen atoms in total. The molecular formula is C14H19N5O2S. The Morgan fingerprint density at radius 2 is 2.36 bits per heavy atom. The van der Waals surface area contributed by atoms with E-state index in [1.54, 1.807) is 6.92 Å². The second kappa shape index (κ2) is 6.04. The molecule has 8 heteroatoms. The van der Waals surface area contributed by atoms with Gasteiger partial charge < -0.3 is 10.2 Å². The summed E-state index contributed by atoms with van der Waals surface area (Å²) in [6.45, 7) is 5.86. The molecule has 1 amide bonds. The first-order valence-electron chi connectivity index (χ1n) is 7.48. The van der Waals surface area contributed by atoms with Gasteiger partial charge >= 0.3 is 0 Å². The predicted molar refractivity (Wildman–Crippen MR) is 85.5 cm³/mol. The summed E-state index contributed by atoms with van der Waals surface area (Å²) in [7, 11) is 0. The molecule has 1 aliphatic rings. The third-order valence-corrected chi connectivity index (χ3v) is 4.75. The zero-order valence-corrected chi connectivity index (χ0v) is 13.5. The fourth-order valence-corrected chi connectivity index (χ4v) is 3.71. The van der Waals surface area contributed by atoms with Gasteiger partial charge in [-0.1, -0.05) is 11.3 Å². The van der Waals surface area contributed by atoms with Gasteiger partial charge in [0, 0.05) is 31.4 Å². The number of fused-ring (bicyclic) bond motifs is 1. The van der Waals surface area contributed by atoms with Crippen LogP contribution in [-0.4, -0.2) is 40.1 Å². The zero-order chi connectivity index (χ0) is 15.7. The average Bonchev–Trinajstić information content (AvgIpc) is 2.92. The molecule has 0 saturated carbocycles. The largest absolute Gasteiger partial charge is 0.356 e. The van der Waals surface area contributed by atoms with E-state index in [9.17, 15) is 9.59 Å². The quantitative estimate of drug-likeness (QED) is 0.905. The van der Waals surface area contributed by atoms with Gasteiger partial charge in [-0.2, -0.15) is 4.52 Å². The first-order valence-corrected chi connectivity index (χ1v) is 8.30. The first-order chi connectivity index (χ1) is 10.6. The maximum Gasteiger partial charge on any atom is 0.275 e. The molecule has 0 spiro atoms. The van der Waals surface area contributed by atoms with Gasteiger partial charge in [0.15, 0.2) is 0 Å². The predicted octanol–water partition coefficient (Wildman–Crippen LogP) is 0.812. The van der Waals surface area contributed by atoms with Crippen LogP contribution >= 0.6 is 11.3 Å². The Bertz CT molecular complexity index is 753. The number of nitrogens with zero attached hydrogens (tertiary/aromatic N) is 4. The van der Waals surface area contributed by atoms with E-state index in [0.717, 1.165) is 24.5 Å².